The molecule has 7 nitrogen and oxygen atoms in total. The van der Waals surface area contributed by atoms with Crippen molar-refractivity contribution < 1.29 is 19.1 Å². The number of aryl methyl sites for hydroxylation is 2. The summed E-state index contributed by atoms with van der Waals surface area (Å²) >= 11 is 0. The Balaban J connectivity index is 1.44. The number of anilines is 2. The lowest BCUT2D eigenvalue weighted by molar-refractivity contribution is -0.132. The fourth-order valence-corrected chi connectivity index (χ4v) is 3.84. The van der Waals surface area contributed by atoms with Crippen LogP contribution in [0.15, 0.2) is 36.4 Å². The number of nitrogens with one attached hydrogen (secondary N) is 2. The quantitative estimate of drug-likeness (QED) is 0.763. The lowest BCUT2D eigenvalue weighted by Crippen LogP contribution is -2.38. The van der Waals surface area contributed by atoms with Gasteiger partial charge in [-0.2, -0.15) is 0 Å². The van der Waals surface area contributed by atoms with E-state index in [1.54, 1.807) is 17.0 Å². The van der Waals surface area contributed by atoms with E-state index in [1.807, 2.05) is 45.0 Å². The zero-order chi connectivity index (χ0) is 21.4. The molecular weight excluding hydrogens is 382 g/mol. The number of benzene rings is 2. The third-order valence-electron chi connectivity index (χ3n) is 5.82. The molecule has 1 fully saturated rings. The fourth-order valence-electron chi connectivity index (χ4n) is 3.84. The molecule has 30 heavy (non-hydrogen) atoms. The van der Waals surface area contributed by atoms with E-state index >= 15 is 0 Å². The van der Waals surface area contributed by atoms with Crippen molar-refractivity contribution in [1.82, 2.24) is 5.32 Å². The minimum atomic E-state index is -0.699. The number of rotatable bonds is 4. The highest BCUT2D eigenvalue weighted by atomic mass is 16.5. The summed E-state index contributed by atoms with van der Waals surface area (Å²) in [6, 6.07) is 11.0. The minimum Gasteiger partial charge on any atom is -0.482 e. The number of carbonyl (C=O) groups excluding carboxylic acids is 3. The van der Waals surface area contributed by atoms with Gasteiger partial charge in [-0.3, -0.25) is 14.4 Å². The smallest absolute Gasteiger partial charge is 0.262 e. The minimum absolute atomic E-state index is 0.000560. The normalized spacial score (nSPS) is 19.0. The van der Waals surface area contributed by atoms with E-state index < -0.39 is 5.92 Å². The first-order valence-electron chi connectivity index (χ1n) is 10.1. The van der Waals surface area contributed by atoms with Gasteiger partial charge in [0, 0.05) is 12.2 Å². The second-order valence-corrected chi connectivity index (χ2v) is 7.92. The molecule has 2 aliphatic heterocycles. The van der Waals surface area contributed by atoms with Crippen LogP contribution in [-0.4, -0.2) is 30.9 Å². The summed E-state index contributed by atoms with van der Waals surface area (Å²) in [6.45, 7) is 6.42. The van der Waals surface area contributed by atoms with Gasteiger partial charge < -0.3 is 20.3 Å². The molecule has 156 valence electrons. The number of ether oxygens (including phenoxy) is 1. The SMILES string of the molecule is Cc1ccc(N2CCC(C(=O)NC(C)c3ccc4c(c3)NC(=O)CO4)C2=O)cc1C. The van der Waals surface area contributed by atoms with Crippen molar-refractivity contribution in [3.63, 3.8) is 0 Å². The van der Waals surface area contributed by atoms with Crippen molar-refractivity contribution in [1.29, 1.82) is 0 Å². The predicted octanol–water partition coefficient (Wildman–Crippen LogP) is 2.86. The molecule has 1 saturated heterocycles. The van der Waals surface area contributed by atoms with E-state index in [2.05, 4.69) is 10.6 Å². The molecule has 3 amide bonds. The summed E-state index contributed by atoms with van der Waals surface area (Å²) in [7, 11) is 0. The standard InChI is InChI=1S/C23H25N3O4/c1-13-4-6-17(10-14(13)2)26-9-8-18(23(26)29)22(28)24-15(3)16-5-7-20-19(11-16)25-21(27)12-30-20/h4-7,10-11,15,18H,8-9,12H2,1-3H3,(H,24,28)(H,25,27). The maximum Gasteiger partial charge on any atom is 0.262 e. The van der Waals surface area contributed by atoms with Gasteiger partial charge in [-0.15, -0.1) is 0 Å². The van der Waals surface area contributed by atoms with Crippen LogP contribution in [0.25, 0.3) is 0 Å². The lowest BCUT2D eigenvalue weighted by Gasteiger charge is -2.22. The lowest BCUT2D eigenvalue weighted by atomic mass is 10.0. The highest BCUT2D eigenvalue weighted by Crippen LogP contribution is 2.31. The van der Waals surface area contributed by atoms with Gasteiger partial charge in [0.25, 0.3) is 5.91 Å². The molecule has 2 aliphatic rings. The van der Waals surface area contributed by atoms with E-state index in [1.165, 1.54) is 5.56 Å². The van der Waals surface area contributed by atoms with Crippen LogP contribution in [0.4, 0.5) is 11.4 Å². The molecule has 0 saturated carbocycles. The number of fused-ring (bicyclic) bond motifs is 1. The second-order valence-electron chi connectivity index (χ2n) is 7.92. The molecule has 0 aromatic heterocycles. The molecule has 2 N–H and O–H groups in total. The summed E-state index contributed by atoms with van der Waals surface area (Å²) < 4.78 is 5.37. The molecule has 2 aromatic rings. The summed E-state index contributed by atoms with van der Waals surface area (Å²) in [6.07, 6.45) is 0.485. The van der Waals surface area contributed by atoms with Crippen molar-refractivity contribution >= 4 is 29.1 Å². The van der Waals surface area contributed by atoms with Gasteiger partial charge in [0.05, 0.1) is 11.7 Å². The number of amides is 3. The van der Waals surface area contributed by atoms with Crippen LogP contribution in [0.1, 0.15) is 36.1 Å². The molecule has 0 aliphatic carbocycles. The highest BCUT2D eigenvalue weighted by molar-refractivity contribution is 6.09. The van der Waals surface area contributed by atoms with Crippen molar-refractivity contribution in [2.75, 3.05) is 23.4 Å². The molecule has 7 heteroatoms. The number of nitrogens with zero attached hydrogens (tertiary/aromatic N) is 1. The van der Waals surface area contributed by atoms with Crippen LogP contribution in [0, 0.1) is 19.8 Å². The van der Waals surface area contributed by atoms with Gasteiger partial charge >= 0.3 is 0 Å². The third-order valence-corrected chi connectivity index (χ3v) is 5.82. The molecule has 2 aromatic carbocycles. The molecule has 2 atom stereocenters. The largest absolute Gasteiger partial charge is 0.482 e. The van der Waals surface area contributed by atoms with Crippen molar-refractivity contribution in [3.8, 4) is 5.75 Å². The second kappa shape index (κ2) is 7.82. The van der Waals surface area contributed by atoms with Gasteiger partial charge in [-0.05, 0) is 68.1 Å². The first-order valence-corrected chi connectivity index (χ1v) is 10.1. The van der Waals surface area contributed by atoms with E-state index in [-0.39, 0.29) is 30.4 Å². The summed E-state index contributed by atoms with van der Waals surface area (Å²) in [4.78, 5) is 38.9. The molecule has 0 radical (unpaired) electrons. The van der Waals surface area contributed by atoms with E-state index in [9.17, 15) is 14.4 Å². The Morgan fingerprint density at radius 1 is 1.17 bits per heavy atom. The van der Waals surface area contributed by atoms with Gasteiger partial charge in [0.2, 0.25) is 11.8 Å². The average molecular weight is 407 g/mol. The number of hydrogen-bond donors (Lipinski definition) is 2. The summed E-state index contributed by atoms with van der Waals surface area (Å²) in [5.41, 5.74) is 4.52. The van der Waals surface area contributed by atoms with Crippen molar-refractivity contribution in [2.24, 2.45) is 5.92 Å². The summed E-state index contributed by atoms with van der Waals surface area (Å²) in [5.74, 6) is -0.758. The van der Waals surface area contributed by atoms with Crippen LogP contribution in [0.2, 0.25) is 0 Å². The van der Waals surface area contributed by atoms with Crippen molar-refractivity contribution in [3.05, 3.63) is 53.1 Å². The van der Waals surface area contributed by atoms with Crippen LogP contribution >= 0.6 is 0 Å². The highest BCUT2D eigenvalue weighted by Gasteiger charge is 2.38. The average Bonchev–Trinajstić information content (AvgIpc) is 3.11. The van der Waals surface area contributed by atoms with Crippen molar-refractivity contribution in [2.45, 2.75) is 33.2 Å². The van der Waals surface area contributed by atoms with E-state index in [4.69, 9.17) is 4.74 Å². The Labute approximate surface area is 175 Å². The van der Waals surface area contributed by atoms with Gasteiger partial charge in [-0.1, -0.05) is 12.1 Å². The molecular formula is C23H25N3O4. The van der Waals surface area contributed by atoms with Gasteiger partial charge in [-0.25, -0.2) is 0 Å². The Kier molecular flexibility index (Phi) is 5.20. The molecule has 0 spiro atoms. The monoisotopic (exact) mass is 407 g/mol. The van der Waals surface area contributed by atoms with Crippen LogP contribution in [-0.2, 0) is 14.4 Å². The maximum atomic E-state index is 12.9. The predicted molar refractivity (Wildman–Crippen MR) is 114 cm³/mol. The third kappa shape index (κ3) is 3.75. The molecule has 2 unspecified atom stereocenters. The molecule has 4 rings (SSSR count). The maximum absolute atomic E-state index is 12.9. The molecule has 0 bridgehead atoms. The number of carbonyl (C=O) groups is 3. The first-order chi connectivity index (χ1) is 14.3. The van der Waals surface area contributed by atoms with Crippen LogP contribution < -0.4 is 20.3 Å². The molecule has 2 heterocycles. The van der Waals surface area contributed by atoms with Crippen LogP contribution in [0.5, 0.6) is 5.75 Å². The van der Waals surface area contributed by atoms with Gasteiger partial charge in [0.15, 0.2) is 6.61 Å². The van der Waals surface area contributed by atoms with Gasteiger partial charge in [0.1, 0.15) is 11.7 Å². The Bertz CT molecular complexity index is 1030. The first kappa shape index (κ1) is 19.9. The Morgan fingerprint density at radius 3 is 2.73 bits per heavy atom. The summed E-state index contributed by atoms with van der Waals surface area (Å²) in [5, 5.41) is 5.70. The fraction of sp³-hybridized carbons (Fsp3) is 0.348. The Hall–Kier alpha value is -3.35. The number of hydrogen-bond acceptors (Lipinski definition) is 4. The topological polar surface area (TPSA) is 87.7 Å². The van der Waals surface area contributed by atoms with E-state index in [0.29, 0.717) is 24.4 Å². The van der Waals surface area contributed by atoms with E-state index in [0.717, 1.165) is 16.8 Å². The van der Waals surface area contributed by atoms with Crippen LogP contribution in [0.3, 0.4) is 0 Å². The zero-order valence-corrected chi connectivity index (χ0v) is 17.3. The zero-order valence-electron chi connectivity index (χ0n) is 17.3. The Morgan fingerprint density at radius 2 is 1.97 bits per heavy atom.